The van der Waals surface area contributed by atoms with Crippen molar-refractivity contribution in [1.29, 1.82) is 0 Å². The highest BCUT2D eigenvalue weighted by molar-refractivity contribution is 5.91. The summed E-state index contributed by atoms with van der Waals surface area (Å²) in [6.07, 6.45) is 0. The molecule has 3 atom stereocenters. The number of nitrogens with zero attached hydrogens (tertiary/aromatic N) is 2. The lowest BCUT2D eigenvalue weighted by molar-refractivity contribution is -0.117. The lowest BCUT2D eigenvalue weighted by Crippen LogP contribution is -2.38. The molecule has 1 aromatic heterocycles. The minimum atomic E-state index is -0.0203. The van der Waals surface area contributed by atoms with Gasteiger partial charge in [-0.2, -0.15) is 0 Å². The van der Waals surface area contributed by atoms with E-state index in [4.69, 9.17) is 4.52 Å². The van der Waals surface area contributed by atoms with Crippen LogP contribution >= 0.6 is 0 Å². The van der Waals surface area contributed by atoms with Gasteiger partial charge in [-0.15, -0.1) is 0 Å². The highest BCUT2D eigenvalue weighted by Gasteiger charge is 2.42. The molecule has 2 fully saturated rings. The Balaban J connectivity index is 1.55. The molecule has 2 saturated heterocycles. The Bertz CT molecular complexity index is 473. The van der Waals surface area contributed by atoms with Crippen molar-refractivity contribution in [3.8, 4) is 0 Å². The summed E-state index contributed by atoms with van der Waals surface area (Å²) in [7, 11) is 0. The second kappa shape index (κ2) is 4.94. The zero-order chi connectivity index (χ0) is 13.4. The fourth-order valence-electron chi connectivity index (χ4n) is 3.26. The van der Waals surface area contributed by atoms with Gasteiger partial charge in [-0.05, 0) is 38.8 Å². The summed E-state index contributed by atoms with van der Waals surface area (Å²) < 4.78 is 4.93. The van der Waals surface area contributed by atoms with Crippen LogP contribution in [0.25, 0.3) is 0 Å². The quantitative estimate of drug-likeness (QED) is 0.830. The summed E-state index contributed by atoms with van der Waals surface area (Å²) in [6, 6.07) is 2.19. The Kier molecular flexibility index (Phi) is 3.28. The number of nitrogens with one attached hydrogen (secondary N) is 2. The van der Waals surface area contributed by atoms with Gasteiger partial charge in [-0.25, -0.2) is 0 Å². The molecule has 6 nitrogen and oxygen atoms in total. The van der Waals surface area contributed by atoms with Gasteiger partial charge in [0.1, 0.15) is 5.76 Å². The Hall–Kier alpha value is -1.40. The molecule has 2 N–H and O–H groups in total. The number of carbonyl (C=O) groups excluding carboxylic acids is 1. The highest BCUT2D eigenvalue weighted by atomic mass is 16.5. The molecule has 3 rings (SSSR count). The van der Waals surface area contributed by atoms with Crippen molar-refractivity contribution < 1.29 is 9.32 Å². The number of hydrogen-bond acceptors (Lipinski definition) is 5. The van der Waals surface area contributed by atoms with E-state index in [0.29, 0.717) is 36.0 Å². The largest absolute Gasteiger partial charge is 0.360 e. The van der Waals surface area contributed by atoms with Gasteiger partial charge >= 0.3 is 0 Å². The molecular weight excluding hydrogens is 244 g/mol. The second-order valence-corrected chi connectivity index (χ2v) is 5.62. The predicted octanol–water partition coefficient (Wildman–Crippen LogP) is 0.461. The van der Waals surface area contributed by atoms with Crippen molar-refractivity contribution >= 4 is 11.7 Å². The van der Waals surface area contributed by atoms with Gasteiger partial charge in [0.15, 0.2) is 5.82 Å². The Labute approximate surface area is 112 Å². The van der Waals surface area contributed by atoms with Crippen LogP contribution in [0, 0.1) is 18.8 Å². The third kappa shape index (κ3) is 2.50. The van der Waals surface area contributed by atoms with Crippen LogP contribution in [0.5, 0.6) is 0 Å². The maximum Gasteiger partial charge on any atom is 0.239 e. The van der Waals surface area contributed by atoms with Crippen LogP contribution in [0.1, 0.15) is 12.7 Å². The monoisotopic (exact) mass is 264 g/mol. The number of anilines is 1. The highest BCUT2D eigenvalue weighted by Crippen LogP contribution is 2.31. The smallest absolute Gasteiger partial charge is 0.239 e. The molecule has 0 spiro atoms. The minimum absolute atomic E-state index is 0.0203. The number of aryl methyl sites for hydroxylation is 1. The first-order valence-corrected chi connectivity index (χ1v) is 6.81. The third-order valence-electron chi connectivity index (χ3n) is 4.30. The number of fused-ring (bicyclic) bond motifs is 1. The van der Waals surface area contributed by atoms with E-state index in [1.807, 2.05) is 0 Å². The topological polar surface area (TPSA) is 70.4 Å². The number of aromatic nitrogens is 1. The van der Waals surface area contributed by atoms with Crippen LogP contribution in [0.4, 0.5) is 5.82 Å². The van der Waals surface area contributed by atoms with Gasteiger partial charge in [0, 0.05) is 18.7 Å². The van der Waals surface area contributed by atoms with Gasteiger partial charge < -0.3 is 15.2 Å². The van der Waals surface area contributed by atoms with Gasteiger partial charge in [-0.1, -0.05) is 5.16 Å². The molecule has 104 valence electrons. The number of rotatable bonds is 3. The van der Waals surface area contributed by atoms with Crippen LogP contribution in [-0.4, -0.2) is 48.2 Å². The average Bonchev–Trinajstić information content (AvgIpc) is 3.01. The molecule has 2 aliphatic rings. The van der Waals surface area contributed by atoms with E-state index >= 15 is 0 Å². The summed E-state index contributed by atoms with van der Waals surface area (Å²) in [5.74, 6) is 2.55. The standard InChI is InChI=1S/C13H20N4O2/c1-8-3-12(16-19-8)15-13(18)7-17-6-10-4-14-5-11(10)9(17)2/h3,9-11,14H,4-7H2,1-2H3,(H,15,16,18). The van der Waals surface area contributed by atoms with E-state index in [2.05, 4.69) is 27.6 Å². The first-order chi connectivity index (χ1) is 9.13. The lowest BCUT2D eigenvalue weighted by atomic mass is 9.95. The van der Waals surface area contributed by atoms with Gasteiger partial charge in [0.2, 0.25) is 5.91 Å². The fourth-order valence-corrected chi connectivity index (χ4v) is 3.26. The molecule has 6 heteroatoms. The SMILES string of the molecule is Cc1cc(NC(=O)CN2CC3CNCC3C2C)no1. The predicted molar refractivity (Wildman–Crippen MR) is 70.8 cm³/mol. The number of likely N-dealkylation sites (tertiary alicyclic amines) is 1. The first-order valence-electron chi connectivity index (χ1n) is 6.81. The summed E-state index contributed by atoms with van der Waals surface area (Å²) in [4.78, 5) is 14.3. The zero-order valence-corrected chi connectivity index (χ0v) is 11.3. The molecule has 3 unspecified atom stereocenters. The maximum absolute atomic E-state index is 12.0. The van der Waals surface area contributed by atoms with Crippen molar-refractivity contribution in [3.05, 3.63) is 11.8 Å². The van der Waals surface area contributed by atoms with Crippen molar-refractivity contribution in [2.45, 2.75) is 19.9 Å². The van der Waals surface area contributed by atoms with Crippen molar-refractivity contribution in [2.24, 2.45) is 11.8 Å². The third-order valence-corrected chi connectivity index (χ3v) is 4.30. The molecule has 0 radical (unpaired) electrons. The fraction of sp³-hybridized carbons (Fsp3) is 0.692. The van der Waals surface area contributed by atoms with Crippen molar-refractivity contribution in [2.75, 3.05) is 31.5 Å². The average molecular weight is 264 g/mol. The Morgan fingerprint density at radius 3 is 3.16 bits per heavy atom. The van der Waals surface area contributed by atoms with E-state index in [-0.39, 0.29) is 5.91 Å². The van der Waals surface area contributed by atoms with Crippen molar-refractivity contribution in [1.82, 2.24) is 15.4 Å². The minimum Gasteiger partial charge on any atom is -0.360 e. The number of amides is 1. The van der Waals surface area contributed by atoms with E-state index in [9.17, 15) is 4.79 Å². The molecule has 19 heavy (non-hydrogen) atoms. The van der Waals surface area contributed by atoms with Gasteiger partial charge in [0.05, 0.1) is 6.54 Å². The summed E-state index contributed by atoms with van der Waals surface area (Å²) >= 11 is 0. The normalized spacial score (nSPS) is 30.5. The lowest BCUT2D eigenvalue weighted by Gasteiger charge is -2.23. The van der Waals surface area contributed by atoms with Crippen LogP contribution in [0.2, 0.25) is 0 Å². The molecule has 3 heterocycles. The maximum atomic E-state index is 12.0. The summed E-state index contributed by atoms with van der Waals surface area (Å²) in [6.45, 7) is 7.61. The van der Waals surface area contributed by atoms with E-state index in [1.54, 1.807) is 13.0 Å². The molecule has 0 saturated carbocycles. The number of hydrogen-bond donors (Lipinski definition) is 2. The molecular formula is C13H20N4O2. The van der Waals surface area contributed by atoms with E-state index in [1.165, 1.54) is 0 Å². The second-order valence-electron chi connectivity index (χ2n) is 5.62. The molecule has 0 aliphatic carbocycles. The summed E-state index contributed by atoms with van der Waals surface area (Å²) in [5.41, 5.74) is 0. The van der Waals surface area contributed by atoms with Crippen LogP contribution in [0.15, 0.2) is 10.6 Å². The Morgan fingerprint density at radius 2 is 2.47 bits per heavy atom. The van der Waals surface area contributed by atoms with Crippen LogP contribution in [0.3, 0.4) is 0 Å². The van der Waals surface area contributed by atoms with E-state index < -0.39 is 0 Å². The van der Waals surface area contributed by atoms with E-state index in [0.717, 1.165) is 19.6 Å². The Morgan fingerprint density at radius 1 is 1.63 bits per heavy atom. The summed E-state index contributed by atoms with van der Waals surface area (Å²) in [5, 5.41) is 9.97. The first kappa shape index (κ1) is 12.6. The molecule has 1 amide bonds. The molecule has 0 bridgehead atoms. The molecule has 1 aromatic rings. The molecule has 2 aliphatic heterocycles. The van der Waals surface area contributed by atoms with Gasteiger partial charge in [0.25, 0.3) is 0 Å². The molecule has 0 aromatic carbocycles. The van der Waals surface area contributed by atoms with Gasteiger partial charge in [-0.3, -0.25) is 9.69 Å². The van der Waals surface area contributed by atoms with Crippen LogP contribution in [-0.2, 0) is 4.79 Å². The van der Waals surface area contributed by atoms with Crippen LogP contribution < -0.4 is 10.6 Å². The van der Waals surface area contributed by atoms with Crippen molar-refractivity contribution in [3.63, 3.8) is 0 Å². The zero-order valence-electron chi connectivity index (χ0n) is 11.3. The number of carbonyl (C=O) groups is 1.